The van der Waals surface area contributed by atoms with E-state index in [2.05, 4.69) is 5.32 Å². The molecule has 0 aliphatic heterocycles. The molecule has 1 rings (SSSR count). The Morgan fingerprint density at radius 2 is 1.73 bits per heavy atom. The number of alkyl halides is 1. The Hall–Kier alpha value is -1.02. The molecule has 0 heterocycles. The third-order valence-corrected chi connectivity index (χ3v) is 2.88. The maximum atomic E-state index is 11.5. The molecule has 1 N–H and O–H groups in total. The van der Waals surface area contributed by atoms with Gasteiger partial charge in [-0.05, 0) is 37.5 Å². The zero-order valence-electron chi connectivity index (χ0n) is 9.52. The van der Waals surface area contributed by atoms with Gasteiger partial charge in [0.2, 0.25) is 5.91 Å². The molecule has 1 unspecified atom stereocenters. The Morgan fingerprint density at radius 3 is 2.13 bits per heavy atom. The largest absolute Gasteiger partial charge is 0.358 e. The van der Waals surface area contributed by atoms with Crippen LogP contribution in [0.25, 0.3) is 0 Å². The standard InChI is InChI=1S/C12H16ClNO/c1-7-5-8(2)10(9(3)6-7)11(13)12(15)14-4/h5-6,11H,1-4H3,(H,14,15). The number of nitrogens with one attached hydrogen (secondary N) is 1. The summed E-state index contributed by atoms with van der Waals surface area (Å²) < 4.78 is 0. The van der Waals surface area contributed by atoms with Gasteiger partial charge in [-0.1, -0.05) is 17.7 Å². The van der Waals surface area contributed by atoms with E-state index >= 15 is 0 Å². The van der Waals surface area contributed by atoms with Crippen molar-refractivity contribution in [3.8, 4) is 0 Å². The van der Waals surface area contributed by atoms with Gasteiger partial charge in [0.1, 0.15) is 5.38 Å². The highest BCUT2D eigenvalue weighted by atomic mass is 35.5. The van der Waals surface area contributed by atoms with E-state index < -0.39 is 5.38 Å². The SMILES string of the molecule is CNC(=O)C(Cl)c1c(C)cc(C)cc1C. The van der Waals surface area contributed by atoms with Gasteiger partial charge >= 0.3 is 0 Å². The Balaban J connectivity index is 3.19. The minimum atomic E-state index is -0.601. The highest BCUT2D eigenvalue weighted by molar-refractivity contribution is 6.31. The van der Waals surface area contributed by atoms with E-state index in [0.29, 0.717) is 0 Å². The van der Waals surface area contributed by atoms with Crippen LogP contribution < -0.4 is 5.32 Å². The number of likely N-dealkylation sites (N-methyl/N-ethyl adjacent to an activating group) is 1. The van der Waals surface area contributed by atoms with Crippen LogP contribution in [-0.2, 0) is 4.79 Å². The molecule has 0 spiro atoms. The molecule has 2 nitrogen and oxygen atoms in total. The van der Waals surface area contributed by atoms with Crippen LogP contribution in [0.4, 0.5) is 0 Å². The third kappa shape index (κ3) is 2.51. The van der Waals surface area contributed by atoms with E-state index in [9.17, 15) is 4.79 Å². The van der Waals surface area contributed by atoms with Crippen LogP contribution in [0.2, 0.25) is 0 Å². The fourth-order valence-corrected chi connectivity index (χ4v) is 2.30. The van der Waals surface area contributed by atoms with E-state index in [1.54, 1.807) is 7.05 Å². The summed E-state index contributed by atoms with van der Waals surface area (Å²) in [6.45, 7) is 5.99. The number of carbonyl (C=O) groups excluding carboxylic acids is 1. The van der Waals surface area contributed by atoms with Crippen molar-refractivity contribution in [2.24, 2.45) is 0 Å². The molecule has 1 atom stereocenters. The molecule has 0 aliphatic carbocycles. The summed E-state index contributed by atoms with van der Waals surface area (Å²) in [6.07, 6.45) is 0. The predicted octanol–water partition coefficient (Wildman–Crippen LogP) is 2.64. The summed E-state index contributed by atoms with van der Waals surface area (Å²) >= 11 is 6.11. The summed E-state index contributed by atoms with van der Waals surface area (Å²) in [4.78, 5) is 11.5. The highest BCUT2D eigenvalue weighted by Gasteiger charge is 2.20. The minimum absolute atomic E-state index is 0.160. The maximum Gasteiger partial charge on any atom is 0.242 e. The topological polar surface area (TPSA) is 29.1 Å². The second kappa shape index (κ2) is 4.67. The summed E-state index contributed by atoms with van der Waals surface area (Å²) in [5, 5.41) is 1.96. The van der Waals surface area contributed by atoms with Crippen LogP contribution in [0.1, 0.15) is 27.6 Å². The molecule has 0 bridgehead atoms. The number of halogens is 1. The van der Waals surface area contributed by atoms with E-state index in [0.717, 1.165) is 16.7 Å². The van der Waals surface area contributed by atoms with Gasteiger partial charge in [-0.2, -0.15) is 0 Å². The van der Waals surface area contributed by atoms with Gasteiger partial charge in [0.15, 0.2) is 0 Å². The first-order valence-electron chi connectivity index (χ1n) is 4.90. The lowest BCUT2D eigenvalue weighted by atomic mass is 9.97. The number of amides is 1. The Labute approximate surface area is 95.6 Å². The number of aryl methyl sites for hydroxylation is 3. The zero-order valence-corrected chi connectivity index (χ0v) is 10.3. The summed E-state index contributed by atoms with van der Waals surface area (Å²) in [5.74, 6) is -0.160. The van der Waals surface area contributed by atoms with Crippen LogP contribution in [0.5, 0.6) is 0 Å². The van der Waals surface area contributed by atoms with E-state index in [4.69, 9.17) is 11.6 Å². The molecule has 0 fully saturated rings. The van der Waals surface area contributed by atoms with Crippen LogP contribution >= 0.6 is 11.6 Å². The fraction of sp³-hybridized carbons (Fsp3) is 0.417. The van der Waals surface area contributed by atoms with Gasteiger partial charge in [0.25, 0.3) is 0 Å². The van der Waals surface area contributed by atoms with Crippen LogP contribution in [0, 0.1) is 20.8 Å². The fourth-order valence-electron chi connectivity index (χ4n) is 1.85. The monoisotopic (exact) mass is 225 g/mol. The number of hydrogen-bond donors (Lipinski definition) is 1. The Kier molecular flexibility index (Phi) is 3.75. The Bertz CT molecular complexity index is 364. The van der Waals surface area contributed by atoms with Gasteiger partial charge in [0, 0.05) is 7.05 Å². The van der Waals surface area contributed by atoms with Crippen molar-refractivity contribution in [2.75, 3.05) is 7.05 Å². The summed E-state index contributed by atoms with van der Waals surface area (Å²) in [6, 6.07) is 4.08. The molecule has 1 aromatic rings. The van der Waals surface area contributed by atoms with Crippen molar-refractivity contribution in [2.45, 2.75) is 26.1 Å². The van der Waals surface area contributed by atoms with Gasteiger partial charge in [-0.3, -0.25) is 4.79 Å². The molecular formula is C12H16ClNO. The van der Waals surface area contributed by atoms with E-state index in [1.165, 1.54) is 5.56 Å². The lowest BCUT2D eigenvalue weighted by molar-refractivity contribution is -0.120. The molecular weight excluding hydrogens is 210 g/mol. The quantitative estimate of drug-likeness (QED) is 0.771. The third-order valence-electron chi connectivity index (χ3n) is 2.47. The van der Waals surface area contributed by atoms with Crippen molar-refractivity contribution in [1.82, 2.24) is 5.32 Å². The van der Waals surface area contributed by atoms with Crippen molar-refractivity contribution in [3.05, 3.63) is 34.4 Å². The normalized spacial score (nSPS) is 12.3. The number of benzene rings is 1. The minimum Gasteiger partial charge on any atom is -0.358 e. The average Bonchev–Trinajstić information content (AvgIpc) is 2.14. The second-order valence-electron chi connectivity index (χ2n) is 3.79. The highest BCUT2D eigenvalue weighted by Crippen LogP contribution is 2.28. The first kappa shape index (κ1) is 12.1. The van der Waals surface area contributed by atoms with Crippen LogP contribution in [-0.4, -0.2) is 13.0 Å². The summed E-state index contributed by atoms with van der Waals surface area (Å²) in [5.41, 5.74) is 4.24. The lowest BCUT2D eigenvalue weighted by Gasteiger charge is -2.15. The van der Waals surface area contributed by atoms with Gasteiger partial charge in [-0.25, -0.2) is 0 Å². The Morgan fingerprint density at radius 1 is 1.27 bits per heavy atom. The van der Waals surface area contributed by atoms with Crippen molar-refractivity contribution in [3.63, 3.8) is 0 Å². The van der Waals surface area contributed by atoms with Crippen molar-refractivity contribution < 1.29 is 4.79 Å². The molecule has 3 heteroatoms. The van der Waals surface area contributed by atoms with Crippen molar-refractivity contribution in [1.29, 1.82) is 0 Å². The molecule has 0 radical (unpaired) electrons. The van der Waals surface area contributed by atoms with Crippen LogP contribution in [0.15, 0.2) is 12.1 Å². The van der Waals surface area contributed by atoms with Gasteiger partial charge < -0.3 is 5.32 Å². The van der Waals surface area contributed by atoms with Crippen LogP contribution in [0.3, 0.4) is 0 Å². The molecule has 15 heavy (non-hydrogen) atoms. The average molecular weight is 226 g/mol. The number of carbonyl (C=O) groups is 1. The maximum absolute atomic E-state index is 11.5. The number of hydrogen-bond acceptors (Lipinski definition) is 1. The first-order valence-corrected chi connectivity index (χ1v) is 5.34. The molecule has 0 saturated heterocycles. The van der Waals surface area contributed by atoms with E-state index in [1.807, 2.05) is 32.9 Å². The zero-order chi connectivity index (χ0) is 11.6. The van der Waals surface area contributed by atoms with Gasteiger partial charge in [0.05, 0.1) is 0 Å². The lowest BCUT2D eigenvalue weighted by Crippen LogP contribution is -2.23. The van der Waals surface area contributed by atoms with Gasteiger partial charge in [-0.15, -0.1) is 11.6 Å². The molecule has 0 saturated carbocycles. The molecule has 0 aliphatic rings. The summed E-state index contributed by atoms with van der Waals surface area (Å²) in [7, 11) is 1.59. The molecule has 1 amide bonds. The first-order chi connectivity index (χ1) is 6.97. The molecule has 0 aromatic heterocycles. The molecule has 82 valence electrons. The van der Waals surface area contributed by atoms with Crippen molar-refractivity contribution >= 4 is 17.5 Å². The number of rotatable bonds is 2. The second-order valence-corrected chi connectivity index (χ2v) is 4.23. The smallest absolute Gasteiger partial charge is 0.242 e. The molecule has 1 aromatic carbocycles. The predicted molar refractivity (Wildman–Crippen MR) is 63.3 cm³/mol. The van der Waals surface area contributed by atoms with E-state index in [-0.39, 0.29) is 5.91 Å².